The molecule has 0 atom stereocenters. The smallest absolute Gasteiger partial charge is 0.0726 e. The molecule has 0 saturated heterocycles. The van der Waals surface area contributed by atoms with Crippen LogP contribution in [-0.4, -0.2) is 0 Å². The van der Waals surface area contributed by atoms with Gasteiger partial charge in [-0.2, -0.15) is 0 Å². The lowest BCUT2D eigenvalue weighted by molar-refractivity contribution is 0.590. The van der Waals surface area contributed by atoms with E-state index in [0.717, 1.165) is 34.1 Å². The fourth-order valence-electron chi connectivity index (χ4n) is 10.4. The van der Waals surface area contributed by atoms with Crippen molar-refractivity contribution < 1.29 is 0 Å². The van der Waals surface area contributed by atoms with E-state index in [4.69, 9.17) is 0 Å². The van der Waals surface area contributed by atoms with Crippen LogP contribution in [-0.2, 0) is 16.2 Å². The van der Waals surface area contributed by atoms with E-state index in [1.165, 1.54) is 66.4 Å². The molecule has 0 radical (unpaired) electrons. The van der Waals surface area contributed by atoms with E-state index in [0.29, 0.717) is 0 Å². The topological polar surface area (TPSA) is 6.48 Å². The summed E-state index contributed by atoms with van der Waals surface area (Å²) in [7, 11) is 0. The van der Waals surface area contributed by atoms with Gasteiger partial charge in [-0.05, 0) is 162 Å². The van der Waals surface area contributed by atoms with Gasteiger partial charge < -0.3 is 9.80 Å². The van der Waals surface area contributed by atoms with Gasteiger partial charge in [0.2, 0.25) is 0 Å². The highest BCUT2D eigenvalue weighted by Crippen LogP contribution is 2.64. The maximum Gasteiger partial charge on any atom is 0.0726 e. The van der Waals surface area contributed by atoms with Crippen LogP contribution >= 0.6 is 0 Å². The highest BCUT2D eigenvalue weighted by atomic mass is 15.1. The summed E-state index contributed by atoms with van der Waals surface area (Å²) in [6, 6.07) is 77.2. The summed E-state index contributed by atoms with van der Waals surface area (Å²) in [5.74, 6) is 0. The molecule has 0 aromatic heterocycles. The Hall–Kier alpha value is -7.16. The quantitative estimate of drug-likeness (QED) is 0.165. The number of anilines is 6. The minimum atomic E-state index is -0.515. The van der Waals surface area contributed by atoms with E-state index in [2.05, 4.69) is 258 Å². The van der Waals surface area contributed by atoms with Crippen LogP contribution in [0.25, 0.3) is 33.0 Å². The number of para-hydroxylation sites is 2. The van der Waals surface area contributed by atoms with Crippen molar-refractivity contribution in [3.05, 3.63) is 240 Å². The molecule has 9 aromatic rings. The molecule has 0 unspecified atom stereocenters. The first-order valence-electron chi connectivity index (χ1n) is 22.3. The molecule has 9 aromatic carbocycles. The average Bonchev–Trinajstić information content (AvgIpc) is 3.75. The summed E-state index contributed by atoms with van der Waals surface area (Å²) >= 11 is 0. The third-order valence-electron chi connectivity index (χ3n) is 13.5. The standard InChI is InChI=1S/C61H52N2/c1-59(2,3)43-26-31-47(32-27-43)62(45-17-9-7-10-18-45)49-30-25-41-38-54-53-36-35-50(63(46-19-11-8-12-20-46)48-33-28-44(29-34-48)60(4,5)6)40-58(53)61(57(54)39-42(41)37-49)55-23-15-13-21-51(55)52-22-14-16-24-56(52)61/h7-40H,1-6H3. The van der Waals surface area contributed by atoms with Crippen molar-refractivity contribution in [1.82, 2.24) is 0 Å². The van der Waals surface area contributed by atoms with E-state index in [1.807, 2.05) is 0 Å². The van der Waals surface area contributed by atoms with Gasteiger partial charge in [0.05, 0.1) is 5.41 Å². The Bertz CT molecular complexity index is 3120. The van der Waals surface area contributed by atoms with E-state index in [9.17, 15) is 0 Å². The molecule has 63 heavy (non-hydrogen) atoms. The molecule has 0 saturated carbocycles. The van der Waals surface area contributed by atoms with Gasteiger partial charge in [-0.1, -0.05) is 163 Å². The third-order valence-corrected chi connectivity index (χ3v) is 13.5. The molecular weight excluding hydrogens is 761 g/mol. The van der Waals surface area contributed by atoms with Crippen LogP contribution in [0.1, 0.15) is 74.9 Å². The van der Waals surface area contributed by atoms with Gasteiger partial charge in [-0.3, -0.25) is 0 Å². The fraction of sp³-hybridized carbons (Fsp3) is 0.148. The lowest BCUT2D eigenvalue weighted by Crippen LogP contribution is -2.26. The van der Waals surface area contributed by atoms with Gasteiger partial charge in [0.1, 0.15) is 0 Å². The van der Waals surface area contributed by atoms with Crippen LogP contribution in [0, 0.1) is 0 Å². The molecule has 2 nitrogen and oxygen atoms in total. The monoisotopic (exact) mass is 812 g/mol. The Morgan fingerprint density at radius 2 is 0.683 bits per heavy atom. The van der Waals surface area contributed by atoms with Crippen molar-refractivity contribution in [3.63, 3.8) is 0 Å². The van der Waals surface area contributed by atoms with Gasteiger partial charge >= 0.3 is 0 Å². The summed E-state index contributed by atoms with van der Waals surface area (Å²) in [4.78, 5) is 4.81. The molecule has 1 spiro atoms. The summed E-state index contributed by atoms with van der Waals surface area (Å²) in [6.45, 7) is 13.7. The Kier molecular flexibility index (Phi) is 8.89. The average molecular weight is 813 g/mol. The lowest BCUT2D eigenvalue weighted by Gasteiger charge is -2.32. The van der Waals surface area contributed by atoms with Crippen molar-refractivity contribution >= 4 is 44.9 Å². The minimum absolute atomic E-state index is 0.0624. The first-order valence-corrected chi connectivity index (χ1v) is 22.3. The lowest BCUT2D eigenvalue weighted by atomic mass is 9.70. The molecular formula is C61H52N2. The first kappa shape index (κ1) is 38.7. The number of benzene rings is 9. The zero-order chi connectivity index (χ0) is 43.1. The van der Waals surface area contributed by atoms with Crippen LogP contribution in [0.15, 0.2) is 206 Å². The molecule has 2 heteroatoms. The van der Waals surface area contributed by atoms with E-state index in [-0.39, 0.29) is 10.8 Å². The molecule has 306 valence electrons. The van der Waals surface area contributed by atoms with Gasteiger partial charge in [0.25, 0.3) is 0 Å². The molecule has 0 fully saturated rings. The molecule has 0 amide bonds. The van der Waals surface area contributed by atoms with Crippen molar-refractivity contribution in [2.75, 3.05) is 9.80 Å². The van der Waals surface area contributed by atoms with E-state index in [1.54, 1.807) is 0 Å². The van der Waals surface area contributed by atoms with Crippen LogP contribution in [0.3, 0.4) is 0 Å². The molecule has 0 bridgehead atoms. The Balaban J connectivity index is 1.13. The number of hydrogen-bond donors (Lipinski definition) is 0. The molecule has 0 heterocycles. The third kappa shape index (κ3) is 6.22. The summed E-state index contributed by atoms with van der Waals surface area (Å²) in [6.07, 6.45) is 0. The summed E-state index contributed by atoms with van der Waals surface area (Å²) in [5, 5.41) is 2.45. The van der Waals surface area contributed by atoms with E-state index >= 15 is 0 Å². The van der Waals surface area contributed by atoms with Crippen molar-refractivity contribution in [2.24, 2.45) is 0 Å². The van der Waals surface area contributed by atoms with Gasteiger partial charge in [0.15, 0.2) is 0 Å². The number of hydrogen-bond acceptors (Lipinski definition) is 2. The van der Waals surface area contributed by atoms with Gasteiger partial charge in [-0.15, -0.1) is 0 Å². The second-order valence-corrected chi connectivity index (χ2v) is 19.4. The second-order valence-electron chi connectivity index (χ2n) is 19.4. The van der Waals surface area contributed by atoms with Crippen LogP contribution < -0.4 is 9.80 Å². The number of rotatable bonds is 6. The SMILES string of the molecule is CC(C)(C)c1ccc(N(c2ccccc2)c2ccc3c(c2)C2(c4ccccc4-c4ccccc42)c2cc4cc(N(c5ccccc5)c5ccc(C(C)(C)C)cc5)ccc4cc2-3)cc1. The fourth-order valence-corrected chi connectivity index (χ4v) is 10.4. The normalized spacial score (nSPS) is 13.4. The number of nitrogens with zero attached hydrogens (tertiary/aromatic N) is 2. The van der Waals surface area contributed by atoms with E-state index < -0.39 is 5.41 Å². The Labute approximate surface area is 372 Å². The number of fused-ring (bicyclic) bond motifs is 11. The highest BCUT2D eigenvalue weighted by molar-refractivity contribution is 6.02. The Morgan fingerprint density at radius 1 is 0.286 bits per heavy atom. The molecule has 11 rings (SSSR count). The second kappa shape index (κ2) is 14.5. The molecule has 2 aliphatic rings. The zero-order valence-electron chi connectivity index (χ0n) is 37.0. The maximum atomic E-state index is 2.51. The largest absolute Gasteiger partial charge is 0.310 e. The van der Waals surface area contributed by atoms with Crippen molar-refractivity contribution in [1.29, 1.82) is 0 Å². The first-order chi connectivity index (χ1) is 30.5. The maximum absolute atomic E-state index is 2.51. The van der Waals surface area contributed by atoms with Crippen LogP contribution in [0.4, 0.5) is 34.1 Å². The van der Waals surface area contributed by atoms with Crippen LogP contribution in [0.2, 0.25) is 0 Å². The minimum Gasteiger partial charge on any atom is -0.310 e. The summed E-state index contributed by atoms with van der Waals surface area (Å²) in [5.41, 5.74) is 19.6. The van der Waals surface area contributed by atoms with Crippen molar-refractivity contribution in [2.45, 2.75) is 57.8 Å². The molecule has 0 aliphatic heterocycles. The van der Waals surface area contributed by atoms with Gasteiger partial charge in [0, 0.05) is 34.1 Å². The molecule has 0 N–H and O–H groups in total. The van der Waals surface area contributed by atoms with Gasteiger partial charge in [-0.25, -0.2) is 0 Å². The summed E-state index contributed by atoms with van der Waals surface area (Å²) < 4.78 is 0. The van der Waals surface area contributed by atoms with Crippen LogP contribution in [0.5, 0.6) is 0 Å². The highest BCUT2D eigenvalue weighted by Gasteiger charge is 2.52. The Morgan fingerprint density at radius 3 is 1.19 bits per heavy atom. The van der Waals surface area contributed by atoms with Crippen molar-refractivity contribution in [3.8, 4) is 22.3 Å². The predicted octanol–water partition coefficient (Wildman–Crippen LogP) is 16.7. The zero-order valence-corrected chi connectivity index (χ0v) is 37.0. The molecule has 2 aliphatic carbocycles. The predicted molar refractivity (Wildman–Crippen MR) is 267 cm³/mol.